The fourth-order valence-corrected chi connectivity index (χ4v) is 4.57. The molecule has 2 amide bonds. The van der Waals surface area contributed by atoms with Crippen LogP contribution in [0.1, 0.15) is 26.2 Å². The van der Waals surface area contributed by atoms with Gasteiger partial charge in [-0.3, -0.25) is 19.5 Å². The van der Waals surface area contributed by atoms with Crippen LogP contribution in [0.15, 0.2) is 17.1 Å². The molecule has 1 aliphatic heterocycles. The van der Waals surface area contributed by atoms with Gasteiger partial charge >= 0.3 is 0 Å². The van der Waals surface area contributed by atoms with Crippen molar-refractivity contribution in [2.75, 3.05) is 39.4 Å². The average Bonchev–Trinajstić information content (AvgIpc) is 3.16. The highest BCUT2D eigenvalue weighted by Gasteiger charge is 2.58. The summed E-state index contributed by atoms with van der Waals surface area (Å²) < 4.78 is 5.60. The third-order valence-corrected chi connectivity index (χ3v) is 6.09. The molecule has 2 bridgehead atoms. The number of hydrogen-bond donors (Lipinski definition) is 2. The van der Waals surface area contributed by atoms with Gasteiger partial charge in [-0.15, -0.1) is 24.0 Å². The summed E-state index contributed by atoms with van der Waals surface area (Å²) in [6.45, 7) is 5.74. The van der Waals surface area contributed by atoms with E-state index in [-0.39, 0.29) is 59.5 Å². The number of carbonyl (C=O) groups excluding carboxylic acids is 2. The maximum atomic E-state index is 12.7. The van der Waals surface area contributed by atoms with Crippen molar-refractivity contribution in [2.24, 2.45) is 34.6 Å². The topological polar surface area (TPSA) is 83.0 Å². The molecule has 2 saturated carbocycles. The molecule has 0 aromatic carbocycles. The van der Waals surface area contributed by atoms with Gasteiger partial charge in [0.1, 0.15) is 0 Å². The molecule has 28 heavy (non-hydrogen) atoms. The molecule has 1 heterocycles. The summed E-state index contributed by atoms with van der Waals surface area (Å²) in [5.74, 6) is 1.80. The zero-order chi connectivity index (χ0) is 18.8. The standard InChI is InChI=1S/C20H30N4O3.HI/c1-2-21-20(23-8-10-27-12-13-3-4-13)22-7-9-24-18(25)16-14-5-6-15(11-14)17(16)19(24)26;/h5-6,13-17H,2-4,7-12H2,1H3,(H2,21,22,23);1H. The van der Waals surface area contributed by atoms with Crippen LogP contribution >= 0.6 is 24.0 Å². The van der Waals surface area contributed by atoms with Crippen LogP contribution in [0.2, 0.25) is 0 Å². The summed E-state index contributed by atoms with van der Waals surface area (Å²) in [6, 6.07) is 0. The Kier molecular flexibility index (Phi) is 7.36. The first kappa shape index (κ1) is 21.5. The molecule has 3 aliphatic carbocycles. The molecule has 0 aromatic rings. The van der Waals surface area contributed by atoms with Crippen molar-refractivity contribution in [3.8, 4) is 0 Å². The quantitative estimate of drug-likeness (QED) is 0.124. The van der Waals surface area contributed by atoms with Gasteiger partial charge in [-0.05, 0) is 43.9 Å². The minimum atomic E-state index is -0.113. The second-order valence-corrected chi connectivity index (χ2v) is 8.03. The smallest absolute Gasteiger partial charge is 0.233 e. The van der Waals surface area contributed by atoms with E-state index in [0.29, 0.717) is 32.2 Å². The molecule has 0 radical (unpaired) electrons. The van der Waals surface area contributed by atoms with Crippen LogP contribution in [0.4, 0.5) is 0 Å². The summed E-state index contributed by atoms with van der Waals surface area (Å²) >= 11 is 0. The van der Waals surface area contributed by atoms with Gasteiger partial charge in [-0.2, -0.15) is 0 Å². The number of imide groups is 1. The maximum Gasteiger partial charge on any atom is 0.233 e. The Morgan fingerprint density at radius 2 is 1.86 bits per heavy atom. The van der Waals surface area contributed by atoms with Crippen molar-refractivity contribution >= 4 is 41.8 Å². The normalized spacial score (nSPS) is 30.6. The Morgan fingerprint density at radius 3 is 2.46 bits per heavy atom. The number of allylic oxidation sites excluding steroid dienone is 2. The first-order chi connectivity index (χ1) is 13.2. The van der Waals surface area contributed by atoms with Crippen LogP contribution in [0, 0.1) is 29.6 Å². The van der Waals surface area contributed by atoms with E-state index in [0.717, 1.165) is 25.5 Å². The number of carbonyl (C=O) groups is 2. The van der Waals surface area contributed by atoms with Gasteiger partial charge in [0.25, 0.3) is 0 Å². The van der Waals surface area contributed by atoms with Crippen LogP contribution in [0.5, 0.6) is 0 Å². The Labute approximate surface area is 183 Å². The van der Waals surface area contributed by atoms with Gasteiger partial charge in [-0.25, -0.2) is 0 Å². The molecule has 4 atom stereocenters. The monoisotopic (exact) mass is 502 g/mol. The van der Waals surface area contributed by atoms with Crippen LogP contribution < -0.4 is 10.6 Å². The van der Waals surface area contributed by atoms with E-state index < -0.39 is 0 Å². The lowest BCUT2D eigenvalue weighted by molar-refractivity contribution is -0.140. The second kappa shape index (κ2) is 9.56. The molecule has 156 valence electrons. The van der Waals surface area contributed by atoms with Gasteiger partial charge in [0, 0.05) is 26.2 Å². The van der Waals surface area contributed by atoms with Crippen LogP contribution in [0.25, 0.3) is 0 Å². The van der Waals surface area contributed by atoms with Gasteiger partial charge in [-0.1, -0.05) is 12.2 Å². The van der Waals surface area contributed by atoms with Crippen LogP contribution in [0.3, 0.4) is 0 Å². The maximum absolute atomic E-state index is 12.7. The molecule has 7 nitrogen and oxygen atoms in total. The minimum Gasteiger partial charge on any atom is -0.379 e. The number of aliphatic imine (C=N–C) groups is 1. The number of ether oxygens (including phenoxy) is 1. The van der Waals surface area contributed by atoms with Gasteiger partial charge < -0.3 is 15.4 Å². The van der Waals surface area contributed by atoms with Crippen molar-refractivity contribution in [1.29, 1.82) is 0 Å². The van der Waals surface area contributed by atoms with Crippen LogP contribution in [-0.2, 0) is 14.3 Å². The third kappa shape index (κ3) is 4.53. The van der Waals surface area contributed by atoms with Crippen molar-refractivity contribution in [1.82, 2.24) is 15.5 Å². The minimum absolute atomic E-state index is 0. The molecular weight excluding hydrogens is 471 g/mol. The zero-order valence-electron chi connectivity index (χ0n) is 16.4. The highest BCUT2D eigenvalue weighted by atomic mass is 127. The zero-order valence-corrected chi connectivity index (χ0v) is 18.8. The molecule has 4 aliphatic rings. The van der Waals surface area contributed by atoms with E-state index in [1.165, 1.54) is 17.7 Å². The predicted octanol–water partition coefficient (Wildman–Crippen LogP) is 1.39. The summed E-state index contributed by atoms with van der Waals surface area (Å²) in [4.78, 5) is 31.3. The van der Waals surface area contributed by atoms with Crippen molar-refractivity contribution in [3.05, 3.63) is 12.2 Å². The number of nitrogens with one attached hydrogen (secondary N) is 2. The highest BCUT2D eigenvalue weighted by Crippen LogP contribution is 2.52. The van der Waals surface area contributed by atoms with Crippen molar-refractivity contribution in [2.45, 2.75) is 26.2 Å². The van der Waals surface area contributed by atoms with Crippen molar-refractivity contribution in [3.63, 3.8) is 0 Å². The lowest BCUT2D eigenvalue weighted by Crippen LogP contribution is -2.43. The first-order valence-corrected chi connectivity index (χ1v) is 10.3. The number of likely N-dealkylation sites (tertiary alicyclic amines) is 1. The van der Waals surface area contributed by atoms with Crippen molar-refractivity contribution < 1.29 is 14.3 Å². The number of halogens is 1. The number of amides is 2. The van der Waals surface area contributed by atoms with Crippen LogP contribution in [-0.4, -0.2) is 62.1 Å². The summed E-state index contributed by atoms with van der Waals surface area (Å²) in [5.41, 5.74) is 0. The predicted molar refractivity (Wildman–Crippen MR) is 117 cm³/mol. The molecule has 4 unspecified atom stereocenters. The molecule has 8 heteroatoms. The first-order valence-electron chi connectivity index (χ1n) is 10.3. The summed E-state index contributed by atoms with van der Waals surface area (Å²) in [7, 11) is 0. The Bertz CT molecular complexity index is 619. The van der Waals surface area contributed by atoms with Gasteiger partial charge in [0.15, 0.2) is 5.96 Å². The molecule has 4 rings (SSSR count). The average molecular weight is 502 g/mol. The second-order valence-electron chi connectivity index (χ2n) is 8.03. The number of fused-ring (bicyclic) bond motifs is 5. The lowest BCUT2D eigenvalue weighted by atomic mass is 9.85. The van der Waals surface area contributed by atoms with E-state index in [9.17, 15) is 9.59 Å². The largest absolute Gasteiger partial charge is 0.379 e. The van der Waals surface area contributed by atoms with Gasteiger partial charge in [0.2, 0.25) is 11.8 Å². The molecular formula is C20H31IN4O3. The van der Waals surface area contributed by atoms with E-state index in [2.05, 4.69) is 27.8 Å². The third-order valence-electron chi connectivity index (χ3n) is 6.09. The Balaban J connectivity index is 0.00000225. The highest BCUT2D eigenvalue weighted by molar-refractivity contribution is 14.0. The number of hydrogen-bond acceptors (Lipinski definition) is 4. The van der Waals surface area contributed by atoms with E-state index in [1.807, 2.05) is 6.92 Å². The number of guanidine groups is 1. The molecule has 3 fully saturated rings. The number of rotatable bonds is 9. The molecule has 1 saturated heterocycles. The summed E-state index contributed by atoms with van der Waals surface area (Å²) in [5, 5.41) is 6.42. The van der Waals surface area contributed by atoms with E-state index in [1.54, 1.807) is 0 Å². The SMILES string of the molecule is CCNC(=NCCOCC1CC1)NCCN1C(=O)C2C3C=CC(C3)C2C1=O.I. The van der Waals surface area contributed by atoms with E-state index >= 15 is 0 Å². The fraction of sp³-hybridized carbons (Fsp3) is 0.750. The Morgan fingerprint density at radius 1 is 1.18 bits per heavy atom. The fourth-order valence-electron chi connectivity index (χ4n) is 4.57. The molecule has 0 spiro atoms. The number of nitrogens with zero attached hydrogens (tertiary/aromatic N) is 2. The molecule has 2 N–H and O–H groups in total. The summed E-state index contributed by atoms with van der Waals surface area (Å²) in [6.07, 6.45) is 7.81. The Hall–Kier alpha value is -1.16. The molecule has 0 aromatic heterocycles. The lowest BCUT2D eigenvalue weighted by Gasteiger charge is -2.18. The van der Waals surface area contributed by atoms with E-state index in [4.69, 9.17) is 4.74 Å². The van der Waals surface area contributed by atoms with Gasteiger partial charge in [0.05, 0.1) is 25.0 Å².